The highest BCUT2D eigenvalue weighted by atomic mass is 19.1. The van der Waals surface area contributed by atoms with Gasteiger partial charge in [-0.3, -0.25) is 14.9 Å². The monoisotopic (exact) mass is 508 g/mol. The molecule has 0 radical (unpaired) electrons. The van der Waals surface area contributed by atoms with Crippen LogP contribution in [0.1, 0.15) is 21.5 Å². The lowest BCUT2D eigenvalue weighted by Gasteiger charge is -2.13. The van der Waals surface area contributed by atoms with Crippen molar-refractivity contribution in [3.8, 4) is 23.0 Å². The van der Waals surface area contributed by atoms with E-state index in [-0.39, 0.29) is 22.8 Å². The van der Waals surface area contributed by atoms with Crippen molar-refractivity contribution >= 4 is 29.3 Å². The van der Waals surface area contributed by atoms with Gasteiger partial charge >= 0.3 is 0 Å². The second-order valence-corrected chi connectivity index (χ2v) is 7.51. The molecule has 9 nitrogen and oxygen atoms in total. The van der Waals surface area contributed by atoms with E-state index in [0.29, 0.717) is 34.1 Å². The largest absolute Gasteiger partial charge is 0.494 e. The fourth-order valence-corrected chi connectivity index (χ4v) is 3.42. The van der Waals surface area contributed by atoms with Gasteiger partial charge in [0.25, 0.3) is 5.69 Å². The molecule has 0 aliphatic rings. The minimum Gasteiger partial charge on any atom is -0.494 e. The number of halogens is 1. The van der Waals surface area contributed by atoms with Gasteiger partial charge in [-0.25, -0.2) is 4.39 Å². The molecule has 0 aromatic heterocycles. The molecule has 0 unspecified atom stereocenters. The number of anilines is 1. The maximum atomic E-state index is 14.5. The van der Waals surface area contributed by atoms with Crippen LogP contribution in [0.5, 0.6) is 23.0 Å². The average Bonchev–Trinajstić information content (AvgIpc) is 2.91. The van der Waals surface area contributed by atoms with Crippen molar-refractivity contribution in [2.45, 2.75) is 0 Å². The average molecular weight is 509 g/mol. The summed E-state index contributed by atoms with van der Waals surface area (Å²) in [5.74, 6) is 0.460. The molecule has 0 aliphatic carbocycles. The number of non-ortho nitro benzene ring substituents is 1. The van der Waals surface area contributed by atoms with Crippen LogP contribution in [0.15, 0.2) is 60.8 Å². The first-order valence-corrected chi connectivity index (χ1v) is 10.9. The number of allylic oxidation sites excluding steroid dienone is 1. The van der Waals surface area contributed by atoms with Crippen molar-refractivity contribution in [2.24, 2.45) is 0 Å². The Labute approximate surface area is 212 Å². The topological polar surface area (TPSA) is 109 Å². The Hall–Kier alpha value is -4.86. The molecule has 0 spiro atoms. The Morgan fingerprint density at radius 3 is 2.05 bits per heavy atom. The van der Waals surface area contributed by atoms with E-state index in [1.54, 1.807) is 24.3 Å². The number of ketones is 1. The van der Waals surface area contributed by atoms with E-state index in [2.05, 4.69) is 5.32 Å². The fourth-order valence-electron chi connectivity index (χ4n) is 3.42. The normalized spacial score (nSPS) is 10.9. The van der Waals surface area contributed by atoms with Crippen LogP contribution in [0.3, 0.4) is 0 Å². The van der Waals surface area contributed by atoms with E-state index in [9.17, 15) is 19.3 Å². The van der Waals surface area contributed by atoms with Gasteiger partial charge in [0, 0.05) is 47.3 Å². The van der Waals surface area contributed by atoms with Gasteiger partial charge in [-0.05, 0) is 35.9 Å². The Morgan fingerprint density at radius 2 is 1.51 bits per heavy atom. The Kier molecular flexibility index (Phi) is 8.82. The van der Waals surface area contributed by atoms with Crippen LogP contribution in [-0.2, 0) is 0 Å². The number of ether oxygens (including phenoxy) is 4. The van der Waals surface area contributed by atoms with Crippen molar-refractivity contribution in [1.82, 2.24) is 0 Å². The Morgan fingerprint density at radius 1 is 0.892 bits per heavy atom. The first-order valence-electron chi connectivity index (χ1n) is 10.9. The van der Waals surface area contributed by atoms with E-state index >= 15 is 0 Å². The Balaban J connectivity index is 1.88. The summed E-state index contributed by atoms with van der Waals surface area (Å²) in [4.78, 5) is 22.7. The molecule has 0 aliphatic heterocycles. The predicted octanol–water partition coefficient (Wildman–Crippen LogP) is 5.75. The summed E-state index contributed by atoms with van der Waals surface area (Å²) in [6, 6.07) is 11.5. The molecule has 0 amide bonds. The molecule has 0 saturated heterocycles. The maximum Gasteiger partial charge on any atom is 0.269 e. The molecule has 0 saturated carbocycles. The van der Waals surface area contributed by atoms with Crippen molar-refractivity contribution in [1.29, 1.82) is 0 Å². The van der Waals surface area contributed by atoms with Crippen molar-refractivity contribution < 1.29 is 33.1 Å². The fraction of sp³-hybridized carbons (Fsp3) is 0.148. The van der Waals surface area contributed by atoms with Gasteiger partial charge in [0.15, 0.2) is 28.8 Å². The van der Waals surface area contributed by atoms with Crippen LogP contribution < -0.4 is 24.3 Å². The standard InChI is InChI=1S/C27H25FN2O7/c1-34-24-16-22(29-12-11-23(31)18-7-9-20(10-8-18)30(32)33)19(15-21(24)28)6-5-17-13-25(35-2)27(37-4)26(14-17)36-3/h5-16,29H,1-4H3/b6-5-,12-11-. The lowest BCUT2D eigenvalue weighted by molar-refractivity contribution is -0.384. The summed E-state index contributed by atoms with van der Waals surface area (Å²) in [6.45, 7) is 0. The first-order chi connectivity index (χ1) is 17.8. The SMILES string of the molecule is COc1cc(N/C=C\C(=O)c2ccc([N+](=O)[O-])cc2)c(/C=C\c2cc(OC)c(OC)c(OC)c2)cc1F. The zero-order valence-electron chi connectivity index (χ0n) is 20.6. The highest BCUT2D eigenvalue weighted by Gasteiger charge is 2.13. The number of nitro groups is 1. The van der Waals surface area contributed by atoms with E-state index < -0.39 is 10.7 Å². The number of nitrogens with one attached hydrogen (secondary N) is 1. The third-order valence-electron chi connectivity index (χ3n) is 5.30. The molecule has 3 rings (SSSR count). The zero-order chi connectivity index (χ0) is 26.9. The summed E-state index contributed by atoms with van der Waals surface area (Å²) < 4.78 is 35.7. The number of nitrogens with zero attached hydrogens (tertiary/aromatic N) is 1. The third-order valence-corrected chi connectivity index (χ3v) is 5.30. The van der Waals surface area contributed by atoms with E-state index in [1.165, 1.54) is 77.1 Å². The van der Waals surface area contributed by atoms with Crippen LogP contribution in [0.4, 0.5) is 15.8 Å². The molecule has 0 atom stereocenters. The molecular formula is C27H25FN2O7. The predicted molar refractivity (Wildman–Crippen MR) is 138 cm³/mol. The van der Waals surface area contributed by atoms with Gasteiger partial charge in [-0.1, -0.05) is 12.2 Å². The van der Waals surface area contributed by atoms with Gasteiger partial charge in [0.1, 0.15) is 0 Å². The highest BCUT2D eigenvalue weighted by molar-refractivity contribution is 6.04. The van der Waals surface area contributed by atoms with Crippen molar-refractivity contribution in [2.75, 3.05) is 33.8 Å². The molecular weight excluding hydrogens is 483 g/mol. The van der Waals surface area contributed by atoms with E-state index in [1.807, 2.05) is 0 Å². The van der Waals surface area contributed by atoms with Crippen molar-refractivity contribution in [3.63, 3.8) is 0 Å². The number of hydrogen-bond acceptors (Lipinski definition) is 8. The summed E-state index contributed by atoms with van der Waals surface area (Å²) in [5.41, 5.74) is 1.82. The third kappa shape index (κ3) is 6.43. The lowest BCUT2D eigenvalue weighted by Crippen LogP contribution is -1.99. The van der Waals surface area contributed by atoms with Crippen LogP contribution >= 0.6 is 0 Å². The highest BCUT2D eigenvalue weighted by Crippen LogP contribution is 2.39. The van der Waals surface area contributed by atoms with Gasteiger partial charge in [0.05, 0.1) is 33.4 Å². The molecule has 3 aromatic carbocycles. The van der Waals surface area contributed by atoms with Gasteiger partial charge in [-0.2, -0.15) is 0 Å². The molecule has 0 fully saturated rings. The maximum absolute atomic E-state index is 14.5. The number of nitro benzene ring substituents is 1. The second-order valence-electron chi connectivity index (χ2n) is 7.51. The van der Waals surface area contributed by atoms with Crippen LogP contribution in [0, 0.1) is 15.9 Å². The Bertz CT molecular complexity index is 1330. The summed E-state index contributed by atoms with van der Waals surface area (Å²) in [6.07, 6.45) is 6.08. The molecule has 0 heterocycles. The molecule has 0 bridgehead atoms. The minimum atomic E-state index is -0.566. The zero-order valence-corrected chi connectivity index (χ0v) is 20.6. The van der Waals surface area contributed by atoms with Crippen LogP contribution in [0.2, 0.25) is 0 Å². The molecule has 192 valence electrons. The van der Waals surface area contributed by atoms with Gasteiger partial charge in [-0.15, -0.1) is 0 Å². The lowest BCUT2D eigenvalue weighted by atomic mass is 10.1. The molecule has 37 heavy (non-hydrogen) atoms. The molecule has 10 heteroatoms. The van der Waals surface area contributed by atoms with Crippen LogP contribution in [0.25, 0.3) is 12.2 Å². The van der Waals surface area contributed by atoms with Crippen molar-refractivity contribution in [3.05, 3.63) is 93.4 Å². The van der Waals surface area contributed by atoms with E-state index in [0.717, 1.165) is 0 Å². The second kappa shape index (κ2) is 12.2. The smallest absolute Gasteiger partial charge is 0.269 e. The minimum absolute atomic E-state index is 0.0162. The summed E-state index contributed by atoms with van der Waals surface area (Å²) in [7, 11) is 5.88. The van der Waals surface area contributed by atoms with Gasteiger partial charge < -0.3 is 24.3 Å². The number of methoxy groups -OCH3 is 4. The van der Waals surface area contributed by atoms with Gasteiger partial charge in [0.2, 0.25) is 5.75 Å². The number of benzene rings is 3. The number of carbonyl (C=O) groups is 1. The molecule has 1 N–H and O–H groups in total. The van der Waals surface area contributed by atoms with E-state index in [4.69, 9.17) is 18.9 Å². The molecule has 3 aromatic rings. The summed E-state index contributed by atoms with van der Waals surface area (Å²) in [5, 5.41) is 13.8. The quantitative estimate of drug-likeness (QED) is 0.115. The first kappa shape index (κ1) is 26.7. The number of hydrogen-bond donors (Lipinski definition) is 1. The van der Waals surface area contributed by atoms with Crippen LogP contribution in [-0.4, -0.2) is 39.1 Å². The number of carbonyl (C=O) groups excluding carboxylic acids is 1. The summed E-state index contributed by atoms with van der Waals surface area (Å²) >= 11 is 0. The number of rotatable bonds is 11.